The van der Waals surface area contributed by atoms with Crippen molar-refractivity contribution >= 4 is 5.97 Å². The monoisotopic (exact) mass is 433 g/mol. The zero-order valence-corrected chi connectivity index (χ0v) is 18.3. The summed E-state index contributed by atoms with van der Waals surface area (Å²) in [5.41, 5.74) is 3.71. The van der Waals surface area contributed by atoms with Gasteiger partial charge in [-0.1, -0.05) is 44.5 Å². The molecule has 0 bridgehead atoms. The van der Waals surface area contributed by atoms with E-state index in [-0.39, 0.29) is 5.41 Å². The van der Waals surface area contributed by atoms with Crippen molar-refractivity contribution in [1.82, 2.24) is 10.5 Å². The van der Waals surface area contributed by atoms with Gasteiger partial charge >= 0.3 is 5.97 Å². The van der Waals surface area contributed by atoms with Crippen LogP contribution < -0.4 is 10.2 Å². The molecular weight excluding hydrogens is 406 g/mol. The minimum absolute atomic E-state index is 0.320. The molecule has 2 aliphatic carbocycles. The maximum atomic E-state index is 12.8. The maximum absolute atomic E-state index is 12.8. The first-order valence-corrected chi connectivity index (χ1v) is 10.9. The van der Waals surface area contributed by atoms with Crippen LogP contribution in [0.1, 0.15) is 44.9 Å². The van der Waals surface area contributed by atoms with E-state index in [1.54, 1.807) is 24.4 Å². The highest BCUT2D eigenvalue weighted by Crippen LogP contribution is 2.58. The van der Waals surface area contributed by atoms with Crippen molar-refractivity contribution in [2.75, 3.05) is 6.61 Å². The molecule has 4 rings (SSSR count). The minimum Gasteiger partial charge on any atom is -0.440 e. The number of rotatable bonds is 9. The highest BCUT2D eigenvalue weighted by atomic mass is 16.6. The van der Waals surface area contributed by atoms with Gasteiger partial charge in [0.05, 0.1) is 18.2 Å². The number of carbonyl (C=O) groups is 1. The van der Waals surface area contributed by atoms with E-state index in [2.05, 4.69) is 10.5 Å². The number of hydrogen-bond acceptors (Lipinski definition) is 7. The van der Waals surface area contributed by atoms with Gasteiger partial charge in [-0.2, -0.15) is 5.26 Å². The molecule has 2 atom stereocenters. The van der Waals surface area contributed by atoms with Crippen molar-refractivity contribution in [2.24, 2.45) is 17.3 Å². The molecule has 166 valence electrons. The van der Waals surface area contributed by atoms with E-state index in [0.29, 0.717) is 29.8 Å². The number of esters is 1. The molecule has 2 unspecified atom stereocenters. The van der Waals surface area contributed by atoms with Crippen molar-refractivity contribution in [3.63, 3.8) is 0 Å². The van der Waals surface area contributed by atoms with Crippen LogP contribution in [0, 0.1) is 28.6 Å². The third-order valence-electron chi connectivity index (χ3n) is 6.10. The van der Waals surface area contributed by atoms with Gasteiger partial charge in [-0.25, -0.2) is 4.98 Å². The molecule has 7 nitrogen and oxygen atoms in total. The summed E-state index contributed by atoms with van der Waals surface area (Å²) in [4.78, 5) is 22.6. The van der Waals surface area contributed by atoms with Crippen LogP contribution in [-0.4, -0.2) is 17.6 Å². The number of benzene rings is 1. The van der Waals surface area contributed by atoms with Crippen LogP contribution in [0.15, 0.2) is 60.3 Å². The Morgan fingerprint density at radius 3 is 2.72 bits per heavy atom. The van der Waals surface area contributed by atoms with E-state index in [9.17, 15) is 10.1 Å². The number of hydrogen-bond donors (Lipinski definition) is 1. The molecule has 1 heterocycles. The first-order chi connectivity index (χ1) is 15.5. The third-order valence-corrected chi connectivity index (χ3v) is 6.10. The number of aromatic nitrogens is 1. The average Bonchev–Trinajstić information content (AvgIpc) is 3.31. The Hall–Kier alpha value is -3.37. The highest BCUT2D eigenvalue weighted by molar-refractivity contribution is 5.84. The SMILES string of the molecule is CC1(C)C(=CNOCC2CCC2)C1C(=O)OC(C#N)c1cccc(Oc2ccccc2)n1. The van der Waals surface area contributed by atoms with Gasteiger partial charge in [0.1, 0.15) is 11.8 Å². The van der Waals surface area contributed by atoms with E-state index >= 15 is 0 Å². The number of hydroxylamine groups is 1. The molecule has 0 spiro atoms. The van der Waals surface area contributed by atoms with Gasteiger partial charge in [-0.15, -0.1) is 0 Å². The summed E-state index contributed by atoms with van der Waals surface area (Å²) in [6.07, 6.45) is 4.30. The second kappa shape index (κ2) is 9.41. The first kappa shape index (κ1) is 21.8. The fourth-order valence-electron chi connectivity index (χ4n) is 3.78. The number of pyridine rings is 1. The molecule has 7 heteroatoms. The molecule has 2 saturated carbocycles. The predicted octanol–water partition coefficient (Wildman–Crippen LogP) is 4.84. The molecule has 0 radical (unpaired) electrons. The molecule has 1 aromatic heterocycles. The zero-order chi connectivity index (χ0) is 22.6. The Kier molecular flexibility index (Phi) is 6.42. The fraction of sp³-hybridized carbons (Fsp3) is 0.400. The Morgan fingerprint density at radius 1 is 1.25 bits per heavy atom. The number of nitriles is 1. The highest BCUT2D eigenvalue weighted by Gasteiger charge is 2.58. The van der Waals surface area contributed by atoms with E-state index in [4.69, 9.17) is 14.3 Å². The number of carbonyl (C=O) groups excluding carboxylic acids is 1. The average molecular weight is 434 g/mol. The van der Waals surface area contributed by atoms with Crippen LogP contribution in [-0.2, 0) is 14.4 Å². The van der Waals surface area contributed by atoms with Crippen LogP contribution in [0.4, 0.5) is 0 Å². The third kappa shape index (κ3) is 4.92. The molecular formula is C25H27N3O4. The van der Waals surface area contributed by atoms with E-state index in [1.807, 2.05) is 50.2 Å². The van der Waals surface area contributed by atoms with Gasteiger partial charge in [0.15, 0.2) is 0 Å². The molecule has 1 N–H and O–H groups in total. The van der Waals surface area contributed by atoms with Gasteiger partial charge in [0.2, 0.25) is 12.0 Å². The largest absolute Gasteiger partial charge is 0.440 e. The Labute approximate surface area is 188 Å². The van der Waals surface area contributed by atoms with Gasteiger partial charge in [0.25, 0.3) is 0 Å². The number of para-hydroxylation sites is 1. The molecule has 0 aliphatic heterocycles. The Balaban J connectivity index is 1.36. The topological polar surface area (TPSA) is 93.5 Å². The zero-order valence-electron chi connectivity index (χ0n) is 18.3. The lowest BCUT2D eigenvalue weighted by Gasteiger charge is -2.24. The van der Waals surface area contributed by atoms with Gasteiger partial charge < -0.3 is 9.47 Å². The first-order valence-electron chi connectivity index (χ1n) is 10.9. The quantitative estimate of drug-likeness (QED) is 0.343. The second-order valence-electron chi connectivity index (χ2n) is 8.74. The minimum atomic E-state index is -1.12. The van der Waals surface area contributed by atoms with Crippen LogP contribution in [0.5, 0.6) is 11.6 Å². The number of ether oxygens (including phenoxy) is 2. The van der Waals surface area contributed by atoms with Crippen LogP contribution >= 0.6 is 0 Å². The summed E-state index contributed by atoms with van der Waals surface area (Å²) in [6, 6.07) is 16.3. The van der Waals surface area contributed by atoms with Gasteiger partial charge in [0, 0.05) is 17.7 Å². The molecule has 2 fully saturated rings. The number of nitrogens with zero attached hydrogens (tertiary/aromatic N) is 2. The van der Waals surface area contributed by atoms with Crippen LogP contribution in [0.3, 0.4) is 0 Å². The summed E-state index contributed by atoms with van der Waals surface area (Å²) in [6.45, 7) is 4.60. The van der Waals surface area contributed by atoms with Gasteiger partial charge in [-0.3, -0.25) is 15.1 Å². The Bertz CT molecular complexity index is 1020. The summed E-state index contributed by atoms with van der Waals surface area (Å²) >= 11 is 0. The van der Waals surface area contributed by atoms with E-state index < -0.39 is 18.0 Å². The van der Waals surface area contributed by atoms with Crippen molar-refractivity contribution in [3.05, 3.63) is 66.0 Å². The van der Waals surface area contributed by atoms with Crippen molar-refractivity contribution in [1.29, 1.82) is 5.26 Å². The molecule has 2 aromatic rings. The maximum Gasteiger partial charge on any atom is 0.315 e. The summed E-state index contributed by atoms with van der Waals surface area (Å²) < 4.78 is 11.2. The lowest BCUT2D eigenvalue weighted by Crippen LogP contribution is -2.21. The van der Waals surface area contributed by atoms with Crippen LogP contribution in [0.2, 0.25) is 0 Å². The molecule has 0 saturated heterocycles. The molecule has 2 aliphatic rings. The fourth-order valence-corrected chi connectivity index (χ4v) is 3.78. The van der Waals surface area contributed by atoms with Crippen molar-refractivity contribution < 1.29 is 19.1 Å². The van der Waals surface area contributed by atoms with Gasteiger partial charge in [-0.05, 0) is 42.5 Å². The smallest absolute Gasteiger partial charge is 0.315 e. The lowest BCUT2D eigenvalue weighted by molar-refractivity contribution is -0.149. The van der Waals surface area contributed by atoms with Crippen molar-refractivity contribution in [3.8, 4) is 17.7 Å². The normalized spacial score (nSPS) is 21.2. The van der Waals surface area contributed by atoms with E-state index in [0.717, 1.165) is 5.57 Å². The second-order valence-corrected chi connectivity index (χ2v) is 8.74. The summed E-state index contributed by atoms with van der Waals surface area (Å²) in [5.74, 6) is 0.695. The predicted molar refractivity (Wildman–Crippen MR) is 117 cm³/mol. The summed E-state index contributed by atoms with van der Waals surface area (Å²) in [7, 11) is 0. The van der Waals surface area contributed by atoms with Crippen LogP contribution in [0.25, 0.3) is 0 Å². The molecule has 32 heavy (non-hydrogen) atoms. The van der Waals surface area contributed by atoms with E-state index in [1.165, 1.54) is 19.3 Å². The summed E-state index contributed by atoms with van der Waals surface area (Å²) in [5, 5.41) is 9.61. The molecule has 1 aromatic carbocycles. The standard InChI is InChI=1S/C25H27N3O4/c1-25(2)19(15-27-30-16-17-8-6-9-17)23(25)24(29)32-21(14-26)20-12-7-13-22(28-20)31-18-10-4-3-5-11-18/h3-5,7,10-13,15,17,21,23,27H,6,8-9,16H2,1-2H3. The van der Waals surface area contributed by atoms with Crippen molar-refractivity contribution in [2.45, 2.75) is 39.2 Å². The lowest BCUT2D eigenvalue weighted by atomic mass is 9.86. The Morgan fingerprint density at radius 2 is 2.03 bits per heavy atom. The molecule has 0 amide bonds. The number of nitrogens with one attached hydrogen (secondary N) is 1.